The molecule has 1 aliphatic heterocycles. The van der Waals surface area contributed by atoms with E-state index in [9.17, 15) is 13.2 Å². The van der Waals surface area contributed by atoms with Gasteiger partial charge in [-0.15, -0.1) is 0 Å². The van der Waals surface area contributed by atoms with E-state index in [1.165, 1.54) is 12.1 Å². The second-order valence-electron chi connectivity index (χ2n) is 8.24. The third-order valence-corrected chi connectivity index (χ3v) is 6.36. The second-order valence-corrected chi connectivity index (χ2v) is 9.86. The molecule has 9 heteroatoms. The molecule has 1 N–H and O–H groups in total. The molecule has 0 spiro atoms. The Labute approximate surface area is 183 Å². The van der Waals surface area contributed by atoms with Crippen LogP contribution < -0.4 is 14.4 Å². The van der Waals surface area contributed by atoms with Crippen LogP contribution in [-0.4, -0.2) is 43.0 Å². The summed E-state index contributed by atoms with van der Waals surface area (Å²) in [5.41, 5.74) is 0.00991. The summed E-state index contributed by atoms with van der Waals surface area (Å²) >= 11 is 0. The smallest absolute Gasteiger partial charge is 0.281 e. The van der Waals surface area contributed by atoms with Crippen molar-refractivity contribution in [1.82, 2.24) is 14.7 Å². The fourth-order valence-corrected chi connectivity index (χ4v) is 4.76. The van der Waals surface area contributed by atoms with Gasteiger partial charge in [0.05, 0.1) is 5.56 Å². The molecule has 2 aromatic heterocycles. The van der Waals surface area contributed by atoms with E-state index in [0.717, 1.165) is 13.0 Å². The van der Waals surface area contributed by atoms with Crippen LogP contribution in [0.2, 0.25) is 0 Å². The van der Waals surface area contributed by atoms with Crippen LogP contribution in [0.1, 0.15) is 44.5 Å². The van der Waals surface area contributed by atoms with Gasteiger partial charge in [-0.25, -0.2) is 9.71 Å². The number of allylic oxidation sites excluding steroid dienone is 1. The largest absolute Gasteiger partial charge is 0.473 e. The van der Waals surface area contributed by atoms with Gasteiger partial charge in [-0.3, -0.25) is 4.79 Å². The first-order valence-corrected chi connectivity index (χ1v) is 11.6. The Morgan fingerprint density at radius 3 is 2.77 bits per heavy atom. The van der Waals surface area contributed by atoms with E-state index in [1.807, 2.05) is 13.0 Å². The lowest BCUT2D eigenvalue weighted by atomic mass is 9.97. The molecule has 1 fully saturated rings. The standard InChI is InChI=1S/C22H28N4O4S/c1-5-6-13-30-18-10-7-11-19(24-18)31(28,29)25-21(27)17-9-8-12-23-20(17)26-15-16(2)14-22(26,3)4/h5-12,16H,13-15H2,1-4H3,(H,25,27). The minimum absolute atomic E-state index is 0.156. The summed E-state index contributed by atoms with van der Waals surface area (Å²) in [6, 6.07) is 7.58. The van der Waals surface area contributed by atoms with Crippen molar-refractivity contribution in [2.45, 2.75) is 44.7 Å². The molecule has 0 radical (unpaired) electrons. The number of sulfonamides is 1. The van der Waals surface area contributed by atoms with Crippen LogP contribution in [0.15, 0.2) is 53.7 Å². The number of rotatable bonds is 7. The van der Waals surface area contributed by atoms with Crippen LogP contribution in [0.25, 0.3) is 0 Å². The number of amides is 1. The molecule has 1 atom stereocenters. The lowest BCUT2D eigenvalue weighted by Gasteiger charge is -2.33. The van der Waals surface area contributed by atoms with Crippen LogP contribution in [-0.2, 0) is 10.0 Å². The SMILES string of the molecule is CC=CCOc1cccc(S(=O)(=O)NC(=O)c2cccnc2N2CC(C)CC2(C)C)n1. The van der Waals surface area contributed by atoms with Crippen LogP contribution >= 0.6 is 0 Å². The minimum atomic E-state index is -4.20. The van der Waals surface area contributed by atoms with E-state index in [2.05, 4.69) is 40.4 Å². The first-order valence-electron chi connectivity index (χ1n) is 10.1. The number of carbonyl (C=O) groups is 1. The number of anilines is 1. The molecule has 8 nitrogen and oxygen atoms in total. The summed E-state index contributed by atoms with van der Waals surface area (Å²) in [6.07, 6.45) is 6.14. The van der Waals surface area contributed by atoms with E-state index in [4.69, 9.17) is 4.74 Å². The Morgan fingerprint density at radius 1 is 1.32 bits per heavy atom. The van der Waals surface area contributed by atoms with Crippen molar-refractivity contribution in [3.8, 4) is 5.88 Å². The summed E-state index contributed by atoms with van der Waals surface area (Å²) in [7, 11) is -4.20. The predicted molar refractivity (Wildman–Crippen MR) is 119 cm³/mol. The van der Waals surface area contributed by atoms with Gasteiger partial charge in [-0.2, -0.15) is 13.4 Å². The van der Waals surface area contributed by atoms with E-state index in [0.29, 0.717) is 11.7 Å². The Morgan fingerprint density at radius 2 is 2.10 bits per heavy atom. The molecule has 166 valence electrons. The van der Waals surface area contributed by atoms with Gasteiger partial charge >= 0.3 is 0 Å². The molecule has 1 saturated heterocycles. The van der Waals surface area contributed by atoms with Crippen molar-refractivity contribution in [2.75, 3.05) is 18.1 Å². The van der Waals surface area contributed by atoms with Crippen molar-refractivity contribution in [2.24, 2.45) is 5.92 Å². The highest BCUT2D eigenvalue weighted by atomic mass is 32.2. The van der Waals surface area contributed by atoms with Crippen molar-refractivity contribution in [3.05, 3.63) is 54.2 Å². The highest BCUT2D eigenvalue weighted by Gasteiger charge is 2.39. The quantitative estimate of drug-likeness (QED) is 0.655. The average Bonchev–Trinajstić information content (AvgIpc) is 3.00. The number of hydrogen-bond acceptors (Lipinski definition) is 7. The zero-order chi connectivity index (χ0) is 22.6. The van der Waals surface area contributed by atoms with Gasteiger partial charge in [-0.05, 0) is 51.3 Å². The van der Waals surface area contributed by atoms with E-state index < -0.39 is 15.9 Å². The second kappa shape index (κ2) is 9.05. The van der Waals surface area contributed by atoms with Crippen molar-refractivity contribution in [1.29, 1.82) is 0 Å². The summed E-state index contributed by atoms with van der Waals surface area (Å²) in [5, 5.41) is -0.292. The monoisotopic (exact) mass is 444 g/mol. The molecule has 1 aliphatic rings. The summed E-state index contributed by atoms with van der Waals surface area (Å²) in [4.78, 5) is 23.4. The fourth-order valence-electron chi connectivity index (χ4n) is 3.83. The normalized spacial score (nSPS) is 18.3. The number of aromatic nitrogens is 2. The number of carbonyl (C=O) groups excluding carboxylic acids is 1. The third-order valence-electron chi connectivity index (χ3n) is 5.12. The number of ether oxygens (including phenoxy) is 1. The lowest BCUT2D eigenvalue weighted by Crippen LogP contribution is -2.41. The van der Waals surface area contributed by atoms with Gasteiger partial charge < -0.3 is 9.64 Å². The first-order chi connectivity index (χ1) is 14.6. The predicted octanol–water partition coefficient (Wildman–Crippen LogP) is 3.18. The van der Waals surface area contributed by atoms with Crippen LogP contribution in [0.3, 0.4) is 0 Å². The number of pyridine rings is 2. The maximum Gasteiger partial charge on any atom is 0.281 e. The molecule has 1 unspecified atom stereocenters. The van der Waals surface area contributed by atoms with Gasteiger partial charge in [0.15, 0.2) is 5.03 Å². The minimum Gasteiger partial charge on any atom is -0.473 e. The molecular weight excluding hydrogens is 416 g/mol. The molecule has 0 aliphatic carbocycles. The average molecular weight is 445 g/mol. The van der Waals surface area contributed by atoms with Gasteiger partial charge in [-0.1, -0.05) is 25.1 Å². The molecule has 3 rings (SSSR count). The first kappa shape index (κ1) is 22.7. The zero-order valence-corrected chi connectivity index (χ0v) is 19.0. The lowest BCUT2D eigenvalue weighted by molar-refractivity contribution is 0.0981. The van der Waals surface area contributed by atoms with Crippen molar-refractivity contribution in [3.63, 3.8) is 0 Å². The molecule has 3 heterocycles. The summed E-state index contributed by atoms with van der Waals surface area (Å²) < 4.78 is 33.1. The van der Waals surface area contributed by atoms with E-state index in [1.54, 1.807) is 30.5 Å². The Balaban J connectivity index is 1.85. The maximum atomic E-state index is 13.0. The van der Waals surface area contributed by atoms with Crippen molar-refractivity contribution < 1.29 is 17.9 Å². The Hall–Kier alpha value is -2.94. The number of hydrogen-bond donors (Lipinski definition) is 1. The fraction of sp³-hybridized carbons (Fsp3) is 0.409. The molecule has 1 amide bonds. The summed E-state index contributed by atoms with van der Waals surface area (Å²) in [6.45, 7) is 9.18. The Kier molecular flexibility index (Phi) is 6.64. The van der Waals surface area contributed by atoms with E-state index in [-0.39, 0.29) is 28.6 Å². The third kappa shape index (κ3) is 5.22. The summed E-state index contributed by atoms with van der Waals surface area (Å²) in [5.74, 6) is 0.316. The number of nitrogens with zero attached hydrogens (tertiary/aromatic N) is 3. The topological polar surface area (TPSA) is 101 Å². The maximum absolute atomic E-state index is 13.0. The molecular formula is C22H28N4O4S. The van der Waals surface area contributed by atoms with Gasteiger partial charge in [0, 0.05) is 24.3 Å². The molecule has 0 bridgehead atoms. The molecule has 2 aromatic rings. The molecule has 0 saturated carbocycles. The number of nitrogens with one attached hydrogen (secondary N) is 1. The van der Waals surface area contributed by atoms with Crippen LogP contribution in [0.4, 0.5) is 5.82 Å². The van der Waals surface area contributed by atoms with Crippen LogP contribution in [0.5, 0.6) is 5.88 Å². The van der Waals surface area contributed by atoms with Crippen molar-refractivity contribution >= 4 is 21.7 Å². The molecule has 0 aromatic carbocycles. The van der Waals surface area contributed by atoms with E-state index >= 15 is 0 Å². The van der Waals surface area contributed by atoms with Gasteiger partial charge in [0.25, 0.3) is 15.9 Å². The highest BCUT2D eigenvalue weighted by Crippen LogP contribution is 2.37. The van der Waals surface area contributed by atoms with Gasteiger partial charge in [0.2, 0.25) is 5.88 Å². The Bertz CT molecular complexity index is 1080. The molecule has 31 heavy (non-hydrogen) atoms. The van der Waals surface area contributed by atoms with Gasteiger partial charge in [0.1, 0.15) is 12.4 Å². The van der Waals surface area contributed by atoms with Crippen LogP contribution in [0, 0.1) is 5.92 Å². The zero-order valence-electron chi connectivity index (χ0n) is 18.2. The highest BCUT2D eigenvalue weighted by molar-refractivity contribution is 7.90.